The van der Waals surface area contributed by atoms with E-state index in [1.807, 2.05) is 18.2 Å². The van der Waals surface area contributed by atoms with Gasteiger partial charge >= 0.3 is 0 Å². The van der Waals surface area contributed by atoms with Gasteiger partial charge < -0.3 is 15.7 Å². The van der Waals surface area contributed by atoms with Crippen LogP contribution in [0.5, 0.6) is 0 Å². The van der Waals surface area contributed by atoms with E-state index in [0.717, 1.165) is 13.1 Å². The van der Waals surface area contributed by atoms with Gasteiger partial charge in [-0.2, -0.15) is 0 Å². The van der Waals surface area contributed by atoms with E-state index in [1.165, 1.54) is 0 Å². The van der Waals surface area contributed by atoms with Crippen LogP contribution in [-0.4, -0.2) is 36.8 Å². The van der Waals surface area contributed by atoms with Crippen molar-refractivity contribution in [2.45, 2.75) is 6.04 Å². The monoisotopic (exact) mass is 256 g/mol. The van der Waals surface area contributed by atoms with Gasteiger partial charge in [-0.25, -0.2) is 0 Å². The number of carbonyl (C=O) groups excluding carboxylic acids is 1. The van der Waals surface area contributed by atoms with Crippen LogP contribution in [0.2, 0.25) is 0 Å². The van der Waals surface area contributed by atoms with Gasteiger partial charge in [0.1, 0.15) is 0 Å². The summed E-state index contributed by atoms with van der Waals surface area (Å²) in [5.41, 5.74) is 0.658. The third-order valence-electron chi connectivity index (χ3n) is 2.93. The summed E-state index contributed by atoms with van der Waals surface area (Å²) in [4.78, 5) is 11.8. The van der Waals surface area contributed by atoms with Gasteiger partial charge in [0.25, 0.3) is 5.91 Å². The molecule has 2 rings (SSSR count). The number of nitrogens with one attached hydrogen (secondary N) is 2. The van der Waals surface area contributed by atoms with Crippen LogP contribution in [0.15, 0.2) is 30.3 Å². The van der Waals surface area contributed by atoms with Crippen molar-refractivity contribution in [3.05, 3.63) is 35.9 Å². The summed E-state index contributed by atoms with van der Waals surface area (Å²) < 4.78 is 0. The first-order valence-electron chi connectivity index (χ1n) is 5.48. The lowest BCUT2D eigenvalue weighted by Crippen LogP contribution is -2.41. The molecule has 3 N–H and O–H groups in total. The summed E-state index contributed by atoms with van der Waals surface area (Å²) in [5, 5.41) is 15.2. The van der Waals surface area contributed by atoms with Crippen LogP contribution in [0.4, 0.5) is 0 Å². The maximum atomic E-state index is 11.8. The van der Waals surface area contributed by atoms with Crippen molar-refractivity contribution in [3.8, 4) is 0 Å². The number of amides is 1. The fourth-order valence-electron chi connectivity index (χ4n) is 1.94. The molecule has 0 bridgehead atoms. The average Bonchev–Trinajstić information content (AvgIpc) is 2.77. The van der Waals surface area contributed by atoms with E-state index in [4.69, 9.17) is 5.11 Å². The molecule has 1 heterocycles. The fourth-order valence-corrected chi connectivity index (χ4v) is 1.94. The molecule has 1 aliphatic heterocycles. The van der Waals surface area contributed by atoms with Crippen molar-refractivity contribution in [2.24, 2.45) is 5.92 Å². The van der Waals surface area contributed by atoms with Crippen molar-refractivity contribution in [2.75, 3.05) is 19.7 Å². The lowest BCUT2D eigenvalue weighted by Gasteiger charge is -2.17. The summed E-state index contributed by atoms with van der Waals surface area (Å²) in [7, 11) is 0. The molecular weight excluding hydrogens is 240 g/mol. The van der Waals surface area contributed by atoms with Crippen molar-refractivity contribution in [1.29, 1.82) is 0 Å². The molecule has 0 aromatic heterocycles. The largest absolute Gasteiger partial charge is 0.396 e. The molecule has 5 heteroatoms. The summed E-state index contributed by atoms with van der Waals surface area (Å²) in [6.07, 6.45) is 0. The number of hydrogen-bond acceptors (Lipinski definition) is 3. The van der Waals surface area contributed by atoms with E-state index < -0.39 is 0 Å². The highest BCUT2D eigenvalue weighted by atomic mass is 35.5. The topological polar surface area (TPSA) is 61.4 Å². The molecule has 1 aliphatic rings. The van der Waals surface area contributed by atoms with Crippen molar-refractivity contribution in [1.82, 2.24) is 10.6 Å². The molecule has 17 heavy (non-hydrogen) atoms. The quantitative estimate of drug-likeness (QED) is 0.735. The first-order chi connectivity index (χ1) is 7.81. The van der Waals surface area contributed by atoms with Crippen LogP contribution >= 0.6 is 12.4 Å². The molecule has 0 radical (unpaired) electrons. The second-order valence-corrected chi connectivity index (χ2v) is 4.05. The molecule has 1 fully saturated rings. The van der Waals surface area contributed by atoms with E-state index in [1.54, 1.807) is 12.1 Å². The lowest BCUT2D eigenvalue weighted by molar-refractivity contribution is 0.0921. The second-order valence-electron chi connectivity index (χ2n) is 4.05. The Morgan fingerprint density at radius 2 is 2.06 bits per heavy atom. The van der Waals surface area contributed by atoms with Crippen LogP contribution < -0.4 is 10.6 Å². The predicted octanol–water partition coefficient (Wildman–Crippen LogP) is 0.418. The van der Waals surface area contributed by atoms with Gasteiger partial charge in [0.2, 0.25) is 0 Å². The lowest BCUT2D eigenvalue weighted by atomic mass is 10.0. The molecule has 1 saturated heterocycles. The first kappa shape index (κ1) is 14.0. The fraction of sp³-hybridized carbons (Fsp3) is 0.417. The van der Waals surface area contributed by atoms with Crippen molar-refractivity contribution >= 4 is 18.3 Å². The Kier molecular flexibility index (Phi) is 5.41. The third-order valence-corrected chi connectivity index (χ3v) is 2.93. The number of aliphatic hydroxyl groups excluding tert-OH is 1. The van der Waals surface area contributed by atoms with Crippen LogP contribution in [0.3, 0.4) is 0 Å². The van der Waals surface area contributed by atoms with Crippen molar-refractivity contribution in [3.63, 3.8) is 0 Å². The molecule has 1 amide bonds. The van der Waals surface area contributed by atoms with E-state index >= 15 is 0 Å². The van der Waals surface area contributed by atoms with E-state index in [0.29, 0.717) is 5.56 Å². The number of aliphatic hydroxyl groups is 1. The van der Waals surface area contributed by atoms with Gasteiger partial charge in [-0.05, 0) is 12.1 Å². The summed E-state index contributed by atoms with van der Waals surface area (Å²) in [6, 6.07) is 9.15. The minimum atomic E-state index is -0.0762. The number of rotatable bonds is 3. The van der Waals surface area contributed by atoms with Crippen molar-refractivity contribution < 1.29 is 9.90 Å². The number of halogens is 1. The molecule has 0 spiro atoms. The molecule has 94 valence electrons. The summed E-state index contributed by atoms with van der Waals surface area (Å²) in [5.74, 6) is 0.0420. The Morgan fingerprint density at radius 1 is 1.35 bits per heavy atom. The van der Waals surface area contributed by atoms with E-state index in [2.05, 4.69) is 10.6 Å². The standard InChI is InChI=1S/C12H16N2O2.ClH/c15-8-10-6-13-7-11(10)14-12(16)9-4-2-1-3-5-9;/h1-5,10-11,13,15H,6-8H2,(H,14,16);1H/t10-,11+;/m0./s1. The number of carbonyl (C=O) groups is 1. The van der Waals surface area contributed by atoms with Gasteiger partial charge in [0, 0.05) is 37.2 Å². The highest BCUT2D eigenvalue weighted by molar-refractivity contribution is 5.94. The Labute approximate surface area is 107 Å². The van der Waals surface area contributed by atoms with Gasteiger partial charge in [0.15, 0.2) is 0 Å². The molecule has 0 saturated carbocycles. The zero-order valence-corrected chi connectivity index (χ0v) is 10.2. The summed E-state index contributed by atoms with van der Waals surface area (Å²) >= 11 is 0. The normalized spacial score (nSPS) is 22.9. The minimum absolute atomic E-state index is 0. The summed E-state index contributed by atoms with van der Waals surface area (Å²) in [6.45, 7) is 1.59. The van der Waals surface area contributed by atoms with Crippen LogP contribution in [-0.2, 0) is 0 Å². The van der Waals surface area contributed by atoms with Crippen LogP contribution in [0.25, 0.3) is 0 Å². The van der Waals surface area contributed by atoms with Crippen LogP contribution in [0, 0.1) is 5.92 Å². The van der Waals surface area contributed by atoms with Gasteiger partial charge in [-0.15, -0.1) is 12.4 Å². The SMILES string of the molecule is Cl.O=C(N[C@@H]1CNC[C@H]1CO)c1ccccc1. The van der Waals surface area contributed by atoms with E-state index in [-0.39, 0.29) is 36.9 Å². The highest BCUT2D eigenvalue weighted by Gasteiger charge is 2.27. The Bertz CT molecular complexity index is 359. The molecule has 2 atom stereocenters. The molecule has 4 nitrogen and oxygen atoms in total. The van der Waals surface area contributed by atoms with Crippen LogP contribution in [0.1, 0.15) is 10.4 Å². The maximum absolute atomic E-state index is 11.8. The maximum Gasteiger partial charge on any atom is 0.251 e. The number of benzene rings is 1. The van der Waals surface area contributed by atoms with Gasteiger partial charge in [-0.3, -0.25) is 4.79 Å². The zero-order valence-electron chi connectivity index (χ0n) is 9.43. The van der Waals surface area contributed by atoms with Gasteiger partial charge in [0.05, 0.1) is 0 Å². The Hall–Kier alpha value is -1.10. The minimum Gasteiger partial charge on any atom is -0.396 e. The van der Waals surface area contributed by atoms with Gasteiger partial charge in [-0.1, -0.05) is 18.2 Å². The molecule has 0 aliphatic carbocycles. The first-order valence-corrected chi connectivity index (χ1v) is 5.48. The smallest absolute Gasteiger partial charge is 0.251 e. The average molecular weight is 257 g/mol. The molecule has 0 unspecified atom stereocenters. The Morgan fingerprint density at radius 3 is 2.71 bits per heavy atom. The molecule has 1 aromatic rings. The highest BCUT2D eigenvalue weighted by Crippen LogP contribution is 2.09. The molecule has 1 aromatic carbocycles. The zero-order chi connectivity index (χ0) is 11.4. The Balaban J connectivity index is 0.00000144. The predicted molar refractivity (Wildman–Crippen MR) is 68.4 cm³/mol. The third kappa shape index (κ3) is 3.43. The van der Waals surface area contributed by atoms with E-state index in [9.17, 15) is 4.79 Å². The molecular formula is C12H17ClN2O2. The number of hydrogen-bond donors (Lipinski definition) is 3. The second kappa shape index (κ2) is 6.59.